The lowest BCUT2D eigenvalue weighted by molar-refractivity contribution is -0.136. The highest BCUT2D eigenvalue weighted by molar-refractivity contribution is 7.07. The number of esters is 1. The smallest absolute Gasteiger partial charge is 0.338 e. The Morgan fingerprint density at radius 2 is 1.84 bits per heavy atom. The number of carbonyl (C=O) groups excluding carboxylic acids is 1. The molecule has 0 aliphatic carbocycles. The monoisotopic (exact) mass is 522 g/mol. The topological polar surface area (TPSA) is 88.4 Å². The Hall–Kier alpha value is -3.85. The third-order valence-corrected chi connectivity index (χ3v) is 7.08. The van der Waals surface area contributed by atoms with E-state index in [0.717, 1.165) is 24.0 Å². The van der Waals surface area contributed by atoms with Gasteiger partial charge in [-0.05, 0) is 54.8 Å². The number of ether oxygens (including phenoxy) is 4. The number of aromatic nitrogens is 1. The zero-order chi connectivity index (χ0) is 26.5. The van der Waals surface area contributed by atoms with Crippen LogP contribution in [0, 0.1) is 0 Å². The van der Waals surface area contributed by atoms with Gasteiger partial charge in [-0.1, -0.05) is 42.9 Å². The van der Waals surface area contributed by atoms with Gasteiger partial charge in [-0.25, -0.2) is 9.79 Å². The van der Waals surface area contributed by atoms with Crippen LogP contribution in [0.1, 0.15) is 43.9 Å². The molecule has 8 nitrogen and oxygen atoms in total. The minimum atomic E-state index is -0.680. The van der Waals surface area contributed by atoms with Gasteiger partial charge in [0.15, 0.2) is 16.3 Å². The number of hydrogen-bond donors (Lipinski definition) is 0. The van der Waals surface area contributed by atoms with E-state index in [1.54, 1.807) is 43.9 Å². The van der Waals surface area contributed by atoms with Crippen molar-refractivity contribution in [2.75, 3.05) is 27.9 Å². The van der Waals surface area contributed by atoms with Crippen molar-refractivity contribution < 1.29 is 23.7 Å². The van der Waals surface area contributed by atoms with Crippen LogP contribution < -0.4 is 29.1 Å². The number of nitrogens with zero attached hydrogens (tertiary/aromatic N) is 2. The lowest BCUT2D eigenvalue weighted by Crippen LogP contribution is -2.39. The van der Waals surface area contributed by atoms with Gasteiger partial charge in [0, 0.05) is 0 Å². The minimum absolute atomic E-state index is 0.249. The SMILES string of the molecule is CCCCOc1ccc(/C=c2/sc3n(c2=O)[C@H](c2ccc(OC)cc2)C(C(=O)OC)=C(C)N=3)cc1OC. The van der Waals surface area contributed by atoms with E-state index in [0.29, 0.717) is 44.5 Å². The second kappa shape index (κ2) is 11.5. The molecule has 0 saturated carbocycles. The van der Waals surface area contributed by atoms with Crippen LogP contribution in [0.4, 0.5) is 0 Å². The molecule has 1 atom stereocenters. The molecule has 1 aromatic heterocycles. The molecule has 2 aromatic carbocycles. The normalized spacial score (nSPS) is 15.2. The molecule has 1 aliphatic heterocycles. The van der Waals surface area contributed by atoms with Crippen LogP contribution in [0.25, 0.3) is 6.08 Å². The van der Waals surface area contributed by atoms with Crippen LogP contribution >= 0.6 is 11.3 Å². The number of hydrogen-bond acceptors (Lipinski definition) is 8. The highest BCUT2D eigenvalue weighted by Gasteiger charge is 2.33. The maximum atomic E-state index is 13.7. The molecule has 194 valence electrons. The van der Waals surface area contributed by atoms with E-state index in [9.17, 15) is 9.59 Å². The van der Waals surface area contributed by atoms with Gasteiger partial charge in [-0.15, -0.1) is 0 Å². The molecule has 0 spiro atoms. The average Bonchev–Trinajstić information content (AvgIpc) is 3.22. The number of benzene rings is 2. The number of carbonyl (C=O) groups is 1. The van der Waals surface area contributed by atoms with Crippen molar-refractivity contribution in [1.29, 1.82) is 0 Å². The summed E-state index contributed by atoms with van der Waals surface area (Å²) in [7, 11) is 4.49. The van der Waals surface area contributed by atoms with Crippen LogP contribution in [0.5, 0.6) is 17.2 Å². The molecule has 9 heteroatoms. The largest absolute Gasteiger partial charge is 0.497 e. The fourth-order valence-corrected chi connectivity index (χ4v) is 5.21. The molecule has 0 bridgehead atoms. The van der Waals surface area contributed by atoms with E-state index in [1.165, 1.54) is 18.4 Å². The fraction of sp³-hybridized carbons (Fsp3) is 0.321. The summed E-state index contributed by atoms with van der Waals surface area (Å²) < 4.78 is 23.7. The molecular formula is C28H30N2O6S. The van der Waals surface area contributed by atoms with Crippen LogP contribution in [0.15, 0.2) is 63.5 Å². The van der Waals surface area contributed by atoms with Crippen molar-refractivity contribution in [3.63, 3.8) is 0 Å². The van der Waals surface area contributed by atoms with Crippen LogP contribution in [-0.4, -0.2) is 38.5 Å². The second-order valence-electron chi connectivity index (χ2n) is 8.46. The van der Waals surface area contributed by atoms with Crippen molar-refractivity contribution in [1.82, 2.24) is 4.57 Å². The Bertz CT molecular complexity index is 1500. The average molecular weight is 523 g/mol. The van der Waals surface area contributed by atoms with Crippen LogP contribution in [-0.2, 0) is 9.53 Å². The summed E-state index contributed by atoms with van der Waals surface area (Å²) in [5.74, 6) is 1.40. The zero-order valence-corrected chi connectivity index (χ0v) is 22.4. The Labute approximate surface area is 219 Å². The standard InChI is InChI=1S/C28H30N2O6S/c1-6-7-14-36-21-13-8-18(15-22(21)34-4)16-23-26(31)30-25(19-9-11-20(33-3)12-10-19)24(27(32)35-5)17(2)29-28(30)37-23/h8-13,15-16,25H,6-7,14H2,1-5H3/b23-16+/t25-/m1/s1. The lowest BCUT2D eigenvalue weighted by atomic mass is 9.96. The van der Waals surface area contributed by atoms with E-state index >= 15 is 0 Å². The van der Waals surface area contributed by atoms with Crippen molar-refractivity contribution in [2.45, 2.75) is 32.7 Å². The first-order valence-electron chi connectivity index (χ1n) is 12.0. The number of methoxy groups -OCH3 is 3. The first-order valence-corrected chi connectivity index (χ1v) is 12.8. The van der Waals surface area contributed by atoms with E-state index in [2.05, 4.69) is 11.9 Å². The first-order chi connectivity index (χ1) is 17.9. The van der Waals surface area contributed by atoms with Gasteiger partial charge in [-0.3, -0.25) is 9.36 Å². The van der Waals surface area contributed by atoms with Gasteiger partial charge in [0.2, 0.25) is 0 Å². The molecule has 2 heterocycles. The summed E-state index contributed by atoms with van der Waals surface area (Å²) >= 11 is 1.27. The fourth-order valence-electron chi connectivity index (χ4n) is 4.17. The van der Waals surface area contributed by atoms with Gasteiger partial charge in [-0.2, -0.15) is 0 Å². The maximum Gasteiger partial charge on any atom is 0.338 e. The Kier molecular flexibility index (Phi) is 8.13. The zero-order valence-electron chi connectivity index (χ0n) is 21.6. The molecule has 3 aromatic rings. The number of unbranched alkanes of at least 4 members (excludes halogenated alkanes) is 1. The van der Waals surface area contributed by atoms with E-state index < -0.39 is 12.0 Å². The van der Waals surface area contributed by atoms with E-state index in [-0.39, 0.29) is 5.56 Å². The molecule has 0 radical (unpaired) electrons. The molecule has 0 amide bonds. The highest BCUT2D eigenvalue weighted by atomic mass is 32.1. The molecule has 0 fully saturated rings. The highest BCUT2D eigenvalue weighted by Crippen LogP contribution is 2.32. The molecule has 0 N–H and O–H groups in total. The third-order valence-electron chi connectivity index (χ3n) is 6.10. The van der Waals surface area contributed by atoms with Crippen molar-refractivity contribution >= 4 is 23.4 Å². The van der Waals surface area contributed by atoms with Gasteiger partial charge in [0.1, 0.15) is 5.75 Å². The van der Waals surface area contributed by atoms with Crippen LogP contribution in [0.3, 0.4) is 0 Å². The van der Waals surface area contributed by atoms with Gasteiger partial charge in [0.05, 0.1) is 49.8 Å². The molecule has 0 unspecified atom stereocenters. The van der Waals surface area contributed by atoms with Crippen LogP contribution in [0.2, 0.25) is 0 Å². The summed E-state index contributed by atoms with van der Waals surface area (Å²) in [5.41, 5.74) is 2.12. The Balaban J connectivity index is 1.83. The minimum Gasteiger partial charge on any atom is -0.497 e. The van der Waals surface area contributed by atoms with Gasteiger partial charge in [0.25, 0.3) is 5.56 Å². The number of allylic oxidation sites excluding steroid dienone is 1. The second-order valence-corrected chi connectivity index (χ2v) is 9.47. The summed E-state index contributed by atoms with van der Waals surface area (Å²) in [6, 6.07) is 12.2. The predicted octanol–water partition coefficient (Wildman–Crippen LogP) is 3.60. The lowest BCUT2D eigenvalue weighted by Gasteiger charge is -2.24. The van der Waals surface area contributed by atoms with E-state index in [4.69, 9.17) is 18.9 Å². The Morgan fingerprint density at radius 3 is 2.49 bits per heavy atom. The number of thiazole rings is 1. The Morgan fingerprint density at radius 1 is 1.08 bits per heavy atom. The molecular weight excluding hydrogens is 492 g/mol. The summed E-state index contributed by atoms with van der Waals surface area (Å²) in [4.78, 5) is 31.6. The molecule has 4 rings (SSSR count). The predicted molar refractivity (Wildman–Crippen MR) is 142 cm³/mol. The van der Waals surface area contributed by atoms with Gasteiger partial charge >= 0.3 is 5.97 Å². The van der Waals surface area contributed by atoms with E-state index in [1.807, 2.05) is 30.3 Å². The van der Waals surface area contributed by atoms with Crippen molar-refractivity contribution in [3.05, 3.63) is 84.5 Å². The number of fused-ring (bicyclic) bond motifs is 1. The quantitative estimate of drug-likeness (QED) is 0.315. The van der Waals surface area contributed by atoms with Gasteiger partial charge < -0.3 is 18.9 Å². The first kappa shape index (κ1) is 26.2. The maximum absolute atomic E-state index is 13.7. The van der Waals surface area contributed by atoms with Crippen molar-refractivity contribution in [2.24, 2.45) is 4.99 Å². The number of rotatable bonds is 9. The third kappa shape index (κ3) is 5.32. The summed E-state index contributed by atoms with van der Waals surface area (Å²) in [5, 5.41) is 0. The molecule has 37 heavy (non-hydrogen) atoms. The summed E-state index contributed by atoms with van der Waals surface area (Å²) in [6.45, 7) is 4.47. The molecule has 0 saturated heterocycles. The summed E-state index contributed by atoms with van der Waals surface area (Å²) in [6.07, 6.45) is 3.79. The van der Waals surface area contributed by atoms with Crippen molar-refractivity contribution in [3.8, 4) is 17.2 Å². The molecule has 1 aliphatic rings.